The summed E-state index contributed by atoms with van der Waals surface area (Å²) in [5.74, 6) is 0.885. The fourth-order valence-corrected chi connectivity index (χ4v) is 3.82. The molecule has 2 aromatic carbocycles. The van der Waals surface area contributed by atoms with Crippen molar-refractivity contribution in [2.75, 3.05) is 43.5 Å². The fraction of sp³-hybridized carbons (Fsp3) is 0.350. The molecule has 0 radical (unpaired) electrons. The van der Waals surface area contributed by atoms with Gasteiger partial charge in [-0.1, -0.05) is 23.7 Å². The van der Waals surface area contributed by atoms with Crippen molar-refractivity contribution >= 4 is 28.9 Å². The number of hydrazine groups is 2. The Morgan fingerprint density at radius 2 is 1.90 bits per heavy atom. The molecule has 9 heteroatoms. The highest BCUT2D eigenvalue weighted by Crippen LogP contribution is 2.22. The third-order valence-corrected chi connectivity index (χ3v) is 5.45. The van der Waals surface area contributed by atoms with Gasteiger partial charge in [0, 0.05) is 48.6 Å². The van der Waals surface area contributed by atoms with E-state index in [1.165, 1.54) is 0 Å². The van der Waals surface area contributed by atoms with Crippen LogP contribution in [0.25, 0.3) is 0 Å². The Kier molecular flexibility index (Phi) is 6.05. The lowest BCUT2D eigenvalue weighted by Crippen LogP contribution is -2.57. The number of carbonyl (C=O) groups excluding carboxylic acids is 1. The number of rotatable bonds is 5. The number of nitrogens with zero attached hydrogens (tertiary/aromatic N) is 2. The van der Waals surface area contributed by atoms with Gasteiger partial charge in [0.15, 0.2) is 0 Å². The second-order valence-electron chi connectivity index (χ2n) is 7.04. The van der Waals surface area contributed by atoms with E-state index >= 15 is 0 Å². The maximum Gasteiger partial charge on any atom is 0.244 e. The molecule has 0 bridgehead atoms. The maximum absolute atomic E-state index is 13.1. The van der Waals surface area contributed by atoms with Gasteiger partial charge in [0.2, 0.25) is 5.91 Å². The number of benzene rings is 2. The van der Waals surface area contributed by atoms with Gasteiger partial charge in [0.25, 0.3) is 0 Å². The number of carbonyl (C=O) groups is 1. The molecule has 0 aliphatic carbocycles. The molecule has 2 saturated heterocycles. The van der Waals surface area contributed by atoms with Crippen molar-refractivity contribution in [2.24, 2.45) is 0 Å². The Balaban J connectivity index is 1.36. The highest BCUT2D eigenvalue weighted by molar-refractivity contribution is 6.30. The van der Waals surface area contributed by atoms with E-state index in [1.807, 2.05) is 47.4 Å². The molecular weight excluding hydrogens is 392 g/mol. The van der Waals surface area contributed by atoms with Crippen molar-refractivity contribution < 1.29 is 9.53 Å². The van der Waals surface area contributed by atoms with E-state index in [2.05, 4.69) is 32.7 Å². The summed E-state index contributed by atoms with van der Waals surface area (Å²) in [6.45, 7) is 2.88. The van der Waals surface area contributed by atoms with E-state index in [1.54, 1.807) is 7.11 Å². The number of piperazine rings is 1. The molecule has 2 aromatic rings. The van der Waals surface area contributed by atoms with Crippen molar-refractivity contribution in [2.45, 2.75) is 12.2 Å². The standard InChI is InChI=1S/C20H25ClN6O2/c1-29-17-7-3-6-16(13-17)26-8-10-27(11-9-26)20(28)18-19(24-25-23-18)22-15-5-2-4-14(21)12-15/h2-7,12-13,18-19,22-25H,8-11H2,1H3. The molecule has 0 spiro atoms. The molecule has 8 nitrogen and oxygen atoms in total. The normalized spacial score (nSPS) is 21.9. The van der Waals surface area contributed by atoms with Gasteiger partial charge in [-0.05, 0) is 30.3 Å². The first-order valence-corrected chi connectivity index (χ1v) is 9.98. The molecule has 2 aliphatic rings. The molecule has 4 N–H and O–H groups in total. The monoisotopic (exact) mass is 416 g/mol. The number of hydrogen-bond acceptors (Lipinski definition) is 7. The Bertz CT molecular complexity index is 858. The van der Waals surface area contributed by atoms with Gasteiger partial charge in [-0.25, -0.2) is 10.9 Å². The zero-order chi connectivity index (χ0) is 20.2. The first-order chi connectivity index (χ1) is 14.1. The van der Waals surface area contributed by atoms with Crippen LogP contribution in [-0.4, -0.2) is 56.3 Å². The van der Waals surface area contributed by atoms with Crippen LogP contribution in [0, 0.1) is 0 Å². The number of nitrogens with one attached hydrogen (secondary N) is 4. The van der Waals surface area contributed by atoms with Gasteiger partial charge in [-0.3, -0.25) is 4.79 Å². The molecule has 29 heavy (non-hydrogen) atoms. The summed E-state index contributed by atoms with van der Waals surface area (Å²) in [5.41, 5.74) is 10.9. The molecule has 0 saturated carbocycles. The molecule has 2 aliphatic heterocycles. The average molecular weight is 417 g/mol. The van der Waals surface area contributed by atoms with Crippen molar-refractivity contribution in [3.05, 3.63) is 53.6 Å². The topological polar surface area (TPSA) is 80.9 Å². The van der Waals surface area contributed by atoms with Crippen LogP contribution in [-0.2, 0) is 4.79 Å². The van der Waals surface area contributed by atoms with Crippen molar-refractivity contribution in [3.8, 4) is 5.75 Å². The molecule has 154 valence electrons. The highest BCUT2D eigenvalue weighted by atomic mass is 35.5. The largest absolute Gasteiger partial charge is 0.497 e. The second-order valence-corrected chi connectivity index (χ2v) is 7.47. The number of anilines is 2. The van der Waals surface area contributed by atoms with Gasteiger partial charge in [-0.15, -0.1) is 0 Å². The minimum atomic E-state index is -0.433. The molecule has 2 heterocycles. The van der Waals surface area contributed by atoms with E-state index in [4.69, 9.17) is 16.3 Å². The first kappa shape index (κ1) is 19.8. The van der Waals surface area contributed by atoms with Crippen LogP contribution in [0.5, 0.6) is 5.75 Å². The number of methoxy groups -OCH3 is 1. The van der Waals surface area contributed by atoms with Gasteiger partial charge in [0.1, 0.15) is 18.0 Å². The predicted molar refractivity (Wildman–Crippen MR) is 114 cm³/mol. The second kappa shape index (κ2) is 8.87. The molecule has 1 amide bonds. The summed E-state index contributed by atoms with van der Waals surface area (Å²) in [6, 6.07) is 15.0. The molecule has 2 unspecified atom stereocenters. The number of ether oxygens (including phenoxy) is 1. The lowest BCUT2D eigenvalue weighted by Gasteiger charge is -2.37. The fourth-order valence-electron chi connectivity index (χ4n) is 3.63. The predicted octanol–water partition coefficient (Wildman–Crippen LogP) is 1.42. The van der Waals surface area contributed by atoms with Crippen LogP contribution < -0.4 is 31.3 Å². The molecule has 2 atom stereocenters. The van der Waals surface area contributed by atoms with Crippen molar-refractivity contribution in [1.82, 2.24) is 21.3 Å². The van der Waals surface area contributed by atoms with E-state index in [-0.39, 0.29) is 12.1 Å². The lowest BCUT2D eigenvalue weighted by molar-refractivity contribution is -0.133. The van der Waals surface area contributed by atoms with E-state index in [9.17, 15) is 4.79 Å². The first-order valence-electron chi connectivity index (χ1n) is 9.60. The van der Waals surface area contributed by atoms with E-state index < -0.39 is 6.04 Å². The van der Waals surface area contributed by atoms with Crippen molar-refractivity contribution in [1.29, 1.82) is 0 Å². The SMILES string of the molecule is COc1cccc(N2CCN(C(=O)C3NNNC3Nc3cccc(Cl)c3)CC2)c1. The third kappa shape index (κ3) is 4.56. The zero-order valence-corrected chi connectivity index (χ0v) is 16.9. The van der Waals surface area contributed by atoms with Gasteiger partial charge in [0.05, 0.1) is 7.11 Å². The summed E-state index contributed by atoms with van der Waals surface area (Å²) in [5, 5.41) is 3.95. The third-order valence-electron chi connectivity index (χ3n) is 5.21. The van der Waals surface area contributed by atoms with Crippen LogP contribution in [0.3, 0.4) is 0 Å². The minimum Gasteiger partial charge on any atom is -0.497 e. The summed E-state index contributed by atoms with van der Waals surface area (Å²) >= 11 is 6.05. The number of amides is 1. The summed E-state index contributed by atoms with van der Waals surface area (Å²) < 4.78 is 5.31. The highest BCUT2D eigenvalue weighted by Gasteiger charge is 2.36. The average Bonchev–Trinajstić information content (AvgIpc) is 3.21. The van der Waals surface area contributed by atoms with Crippen LogP contribution >= 0.6 is 11.6 Å². The van der Waals surface area contributed by atoms with Crippen LogP contribution in [0.2, 0.25) is 5.02 Å². The lowest BCUT2D eigenvalue weighted by atomic mass is 10.1. The quantitative estimate of drug-likeness (QED) is 0.587. The molecule has 2 fully saturated rings. The van der Waals surface area contributed by atoms with Gasteiger partial charge in [-0.2, -0.15) is 5.53 Å². The van der Waals surface area contributed by atoms with Crippen LogP contribution in [0.4, 0.5) is 11.4 Å². The van der Waals surface area contributed by atoms with Crippen molar-refractivity contribution in [3.63, 3.8) is 0 Å². The maximum atomic E-state index is 13.1. The van der Waals surface area contributed by atoms with Crippen LogP contribution in [0.15, 0.2) is 48.5 Å². The molecular formula is C20H25ClN6O2. The minimum absolute atomic E-state index is 0.0484. The van der Waals surface area contributed by atoms with Gasteiger partial charge >= 0.3 is 0 Å². The van der Waals surface area contributed by atoms with E-state index in [0.717, 1.165) is 30.2 Å². The summed E-state index contributed by atoms with van der Waals surface area (Å²) in [7, 11) is 1.67. The summed E-state index contributed by atoms with van der Waals surface area (Å²) in [4.78, 5) is 17.3. The van der Waals surface area contributed by atoms with E-state index in [0.29, 0.717) is 18.1 Å². The number of halogens is 1. The molecule has 4 rings (SSSR count). The summed E-state index contributed by atoms with van der Waals surface area (Å²) in [6.07, 6.45) is -0.294. The van der Waals surface area contributed by atoms with Crippen LogP contribution in [0.1, 0.15) is 0 Å². The Morgan fingerprint density at radius 3 is 2.66 bits per heavy atom. The Hall–Kier alpha value is -2.52. The Morgan fingerprint density at radius 1 is 1.10 bits per heavy atom. The molecule has 0 aromatic heterocycles. The number of hydrogen-bond donors (Lipinski definition) is 4. The Labute approximate surface area is 175 Å². The van der Waals surface area contributed by atoms with Gasteiger partial charge < -0.3 is 19.9 Å². The smallest absolute Gasteiger partial charge is 0.244 e. The zero-order valence-electron chi connectivity index (χ0n) is 16.2.